The third-order valence-corrected chi connectivity index (χ3v) is 4.29. The maximum atomic E-state index is 11.4. The van der Waals surface area contributed by atoms with Crippen molar-refractivity contribution in [2.75, 3.05) is 13.1 Å². The maximum Gasteiger partial charge on any atom is 0.219 e. The minimum absolute atomic E-state index is 0.175. The van der Waals surface area contributed by atoms with Crippen molar-refractivity contribution in [3.63, 3.8) is 0 Å². The van der Waals surface area contributed by atoms with E-state index in [0.29, 0.717) is 5.92 Å². The molecule has 3 rings (SSSR count). The first-order valence-corrected chi connectivity index (χ1v) is 7.68. The Morgan fingerprint density at radius 1 is 1.27 bits per heavy atom. The second-order valence-electron chi connectivity index (χ2n) is 5.91. The predicted molar refractivity (Wildman–Crippen MR) is 82.9 cm³/mol. The number of likely N-dealkylation sites (tertiary alicyclic amines) is 1. The highest BCUT2D eigenvalue weighted by atomic mass is 16.2. The average Bonchev–Trinajstić information content (AvgIpc) is 2.95. The van der Waals surface area contributed by atoms with E-state index < -0.39 is 0 Å². The van der Waals surface area contributed by atoms with Crippen molar-refractivity contribution in [3.05, 3.63) is 30.5 Å². The van der Waals surface area contributed by atoms with Crippen LogP contribution in [0.2, 0.25) is 0 Å². The molecule has 0 spiro atoms. The Labute approximate surface area is 130 Å². The van der Waals surface area contributed by atoms with Gasteiger partial charge in [-0.2, -0.15) is 5.10 Å². The lowest BCUT2D eigenvalue weighted by Gasteiger charge is -2.31. The van der Waals surface area contributed by atoms with Crippen LogP contribution >= 0.6 is 0 Å². The van der Waals surface area contributed by atoms with Crippen LogP contribution < -0.4 is 0 Å². The first-order valence-electron chi connectivity index (χ1n) is 7.68. The lowest BCUT2D eigenvalue weighted by atomic mass is 9.91. The first-order chi connectivity index (χ1) is 10.6. The SMILES string of the molecule is CC(=O)N1CCC(Cc2nccnc2-c2cnn(C)c2)CC1. The minimum Gasteiger partial charge on any atom is -0.343 e. The van der Waals surface area contributed by atoms with Crippen LogP contribution in [0.3, 0.4) is 0 Å². The molecule has 1 aliphatic rings. The number of amides is 1. The Morgan fingerprint density at radius 2 is 2.00 bits per heavy atom. The summed E-state index contributed by atoms with van der Waals surface area (Å²) in [5.74, 6) is 0.733. The average molecular weight is 299 g/mol. The summed E-state index contributed by atoms with van der Waals surface area (Å²) in [7, 11) is 1.90. The molecule has 1 amide bonds. The number of nitrogens with zero attached hydrogens (tertiary/aromatic N) is 5. The van der Waals surface area contributed by atoms with Crippen LogP contribution in [0.4, 0.5) is 0 Å². The zero-order valence-electron chi connectivity index (χ0n) is 13.1. The van der Waals surface area contributed by atoms with E-state index in [1.165, 1.54) is 0 Å². The monoisotopic (exact) mass is 299 g/mol. The standard InChI is InChI=1S/C16H21N5O/c1-12(22)21-7-3-13(4-8-21)9-15-16(18-6-5-17-15)14-10-19-20(2)11-14/h5-6,10-11,13H,3-4,7-9H2,1-2H3. The quantitative estimate of drug-likeness (QED) is 0.865. The van der Waals surface area contributed by atoms with Crippen LogP contribution in [0.25, 0.3) is 11.3 Å². The second kappa shape index (κ2) is 6.25. The zero-order valence-corrected chi connectivity index (χ0v) is 13.1. The smallest absolute Gasteiger partial charge is 0.219 e. The number of aromatic nitrogens is 4. The lowest BCUT2D eigenvalue weighted by Crippen LogP contribution is -2.37. The number of piperidine rings is 1. The summed E-state index contributed by atoms with van der Waals surface area (Å²) in [4.78, 5) is 22.3. The van der Waals surface area contributed by atoms with Crippen LogP contribution in [-0.2, 0) is 18.3 Å². The molecule has 6 heteroatoms. The summed E-state index contributed by atoms with van der Waals surface area (Å²) >= 11 is 0. The van der Waals surface area contributed by atoms with Gasteiger partial charge in [0, 0.05) is 51.2 Å². The molecule has 0 unspecified atom stereocenters. The van der Waals surface area contributed by atoms with Gasteiger partial charge in [0.1, 0.15) is 0 Å². The van der Waals surface area contributed by atoms with Gasteiger partial charge >= 0.3 is 0 Å². The lowest BCUT2D eigenvalue weighted by molar-refractivity contribution is -0.130. The molecule has 1 saturated heterocycles. The maximum absolute atomic E-state index is 11.4. The number of hydrogen-bond donors (Lipinski definition) is 0. The second-order valence-corrected chi connectivity index (χ2v) is 5.91. The van der Waals surface area contributed by atoms with E-state index in [1.54, 1.807) is 24.0 Å². The summed E-state index contributed by atoms with van der Waals surface area (Å²) in [6.45, 7) is 3.34. The summed E-state index contributed by atoms with van der Waals surface area (Å²) in [6.07, 6.45) is 10.2. The van der Waals surface area contributed by atoms with Gasteiger partial charge in [0.2, 0.25) is 5.91 Å². The highest BCUT2D eigenvalue weighted by molar-refractivity contribution is 5.73. The summed E-state index contributed by atoms with van der Waals surface area (Å²) in [5, 5.41) is 4.22. The first kappa shape index (κ1) is 14.7. The number of carbonyl (C=O) groups is 1. The van der Waals surface area contributed by atoms with Crippen LogP contribution in [0.5, 0.6) is 0 Å². The molecule has 0 atom stereocenters. The van der Waals surface area contributed by atoms with Gasteiger partial charge in [-0.25, -0.2) is 0 Å². The van der Waals surface area contributed by atoms with Crippen LogP contribution in [0, 0.1) is 5.92 Å². The van der Waals surface area contributed by atoms with Crippen LogP contribution in [-0.4, -0.2) is 43.6 Å². The van der Waals surface area contributed by atoms with E-state index in [1.807, 2.05) is 24.3 Å². The molecule has 22 heavy (non-hydrogen) atoms. The van der Waals surface area contributed by atoms with E-state index >= 15 is 0 Å². The number of rotatable bonds is 3. The Morgan fingerprint density at radius 3 is 2.64 bits per heavy atom. The Kier molecular flexibility index (Phi) is 4.18. The fourth-order valence-corrected chi connectivity index (χ4v) is 3.03. The molecule has 0 radical (unpaired) electrons. The van der Waals surface area contributed by atoms with E-state index in [0.717, 1.165) is 49.3 Å². The van der Waals surface area contributed by atoms with E-state index in [9.17, 15) is 4.79 Å². The largest absolute Gasteiger partial charge is 0.343 e. The summed E-state index contributed by atoms with van der Waals surface area (Å²) in [6, 6.07) is 0. The van der Waals surface area contributed by atoms with Crippen molar-refractivity contribution in [3.8, 4) is 11.3 Å². The van der Waals surface area contributed by atoms with Gasteiger partial charge in [-0.1, -0.05) is 0 Å². The predicted octanol–water partition coefficient (Wildman–Crippen LogP) is 1.68. The van der Waals surface area contributed by atoms with Gasteiger partial charge in [-0.05, 0) is 25.2 Å². The number of aryl methyl sites for hydroxylation is 1. The molecule has 2 aromatic heterocycles. The van der Waals surface area contributed by atoms with Crippen molar-refractivity contribution in [1.82, 2.24) is 24.6 Å². The van der Waals surface area contributed by atoms with Gasteiger partial charge < -0.3 is 4.90 Å². The molecule has 1 fully saturated rings. The topological polar surface area (TPSA) is 63.9 Å². The van der Waals surface area contributed by atoms with E-state index in [2.05, 4.69) is 15.1 Å². The van der Waals surface area contributed by atoms with Crippen molar-refractivity contribution in [2.24, 2.45) is 13.0 Å². The Balaban J connectivity index is 1.72. The van der Waals surface area contributed by atoms with Crippen LogP contribution in [0.15, 0.2) is 24.8 Å². The molecular formula is C16H21N5O. The van der Waals surface area contributed by atoms with Gasteiger partial charge in [0.05, 0.1) is 17.6 Å². The number of hydrogen-bond acceptors (Lipinski definition) is 4. The Hall–Kier alpha value is -2.24. The third-order valence-electron chi connectivity index (χ3n) is 4.29. The van der Waals surface area contributed by atoms with E-state index in [4.69, 9.17) is 0 Å². The molecule has 0 bridgehead atoms. The van der Waals surface area contributed by atoms with Gasteiger partial charge in [0.15, 0.2) is 0 Å². The molecule has 6 nitrogen and oxygen atoms in total. The highest BCUT2D eigenvalue weighted by Crippen LogP contribution is 2.25. The Bertz CT molecular complexity index is 658. The van der Waals surface area contributed by atoms with Crippen LogP contribution in [0.1, 0.15) is 25.5 Å². The van der Waals surface area contributed by atoms with Crippen molar-refractivity contribution >= 4 is 5.91 Å². The van der Waals surface area contributed by atoms with Gasteiger partial charge in [-0.15, -0.1) is 0 Å². The molecule has 1 aliphatic heterocycles. The highest BCUT2D eigenvalue weighted by Gasteiger charge is 2.22. The summed E-state index contributed by atoms with van der Waals surface area (Å²) < 4.78 is 1.78. The van der Waals surface area contributed by atoms with E-state index in [-0.39, 0.29) is 5.91 Å². The third kappa shape index (κ3) is 3.16. The minimum atomic E-state index is 0.175. The fourth-order valence-electron chi connectivity index (χ4n) is 3.03. The van der Waals surface area contributed by atoms with Crippen molar-refractivity contribution in [2.45, 2.75) is 26.2 Å². The van der Waals surface area contributed by atoms with Crippen molar-refractivity contribution < 1.29 is 4.79 Å². The molecule has 3 heterocycles. The summed E-state index contributed by atoms with van der Waals surface area (Å²) in [5.41, 5.74) is 2.95. The molecule has 116 valence electrons. The number of carbonyl (C=O) groups excluding carboxylic acids is 1. The molecule has 0 aliphatic carbocycles. The molecule has 2 aromatic rings. The molecule has 0 saturated carbocycles. The van der Waals surface area contributed by atoms with Gasteiger partial charge in [-0.3, -0.25) is 19.4 Å². The van der Waals surface area contributed by atoms with Gasteiger partial charge in [0.25, 0.3) is 0 Å². The van der Waals surface area contributed by atoms with Crippen molar-refractivity contribution in [1.29, 1.82) is 0 Å². The zero-order chi connectivity index (χ0) is 15.5. The normalized spacial score (nSPS) is 16.0. The molecule has 0 aromatic carbocycles. The molecular weight excluding hydrogens is 278 g/mol. The molecule has 0 N–H and O–H groups in total. The fraction of sp³-hybridized carbons (Fsp3) is 0.500.